The fourth-order valence-corrected chi connectivity index (χ4v) is 8.73. The molecule has 0 bridgehead atoms. The van der Waals surface area contributed by atoms with Crippen molar-refractivity contribution in [1.29, 1.82) is 5.26 Å². The van der Waals surface area contributed by atoms with Crippen LogP contribution in [0.1, 0.15) is 31.2 Å². The average molecular weight is 665 g/mol. The Labute approximate surface area is 271 Å². The highest BCUT2D eigenvalue weighted by atomic mass is 35.5. The van der Waals surface area contributed by atoms with Crippen LogP contribution in [0.2, 0.25) is 5.02 Å². The van der Waals surface area contributed by atoms with Crippen molar-refractivity contribution in [2.75, 3.05) is 36.9 Å². The zero-order valence-corrected chi connectivity index (χ0v) is 26.2. The number of ether oxygens (including phenoxy) is 2. The molecule has 8 nitrogen and oxygen atoms in total. The van der Waals surface area contributed by atoms with Gasteiger partial charge in [0, 0.05) is 23.9 Å². The van der Waals surface area contributed by atoms with E-state index in [0.717, 1.165) is 49.3 Å². The van der Waals surface area contributed by atoms with Gasteiger partial charge in [-0.25, -0.2) is 13.2 Å². The molecule has 236 valence electrons. The third-order valence-electron chi connectivity index (χ3n) is 9.66. The first-order valence-electron chi connectivity index (χ1n) is 15.0. The molecular weight excluding hydrogens is 637 g/mol. The van der Waals surface area contributed by atoms with Crippen LogP contribution in [-0.4, -0.2) is 65.0 Å². The maximum absolute atomic E-state index is 17.1. The standard InChI is InChI=1S/C33H28ClF3N6O2S/c1-3-16-13-44-28-24-27(26(37)23(25(28)34)17-5-6-19(35)29-22(17)18(11-38)30(39)46-29)40-32(41-31(24)43(16)21-9-20(21)36)45-14-33-7-4-8-42(33)12-15(2)10-33/h3,5-6,16,20-21H,1-2,4,7-10,12-14,39H2/t16?,20?,21?,33-/m0/s1. The van der Waals surface area contributed by atoms with Crippen molar-refractivity contribution in [3.63, 3.8) is 0 Å². The predicted octanol–water partition coefficient (Wildman–Crippen LogP) is 6.93. The van der Waals surface area contributed by atoms with Gasteiger partial charge in [0.05, 0.1) is 38.3 Å². The molecule has 1 saturated carbocycles. The van der Waals surface area contributed by atoms with Crippen LogP contribution in [0.4, 0.5) is 24.0 Å². The zero-order chi connectivity index (χ0) is 32.1. The summed E-state index contributed by atoms with van der Waals surface area (Å²) in [6.45, 7) is 10.1. The van der Waals surface area contributed by atoms with Crippen molar-refractivity contribution in [2.24, 2.45) is 0 Å². The second-order valence-electron chi connectivity index (χ2n) is 12.4. The molecule has 3 unspecified atom stereocenters. The predicted molar refractivity (Wildman–Crippen MR) is 172 cm³/mol. The van der Waals surface area contributed by atoms with E-state index in [9.17, 15) is 14.0 Å². The molecule has 0 amide bonds. The van der Waals surface area contributed by atoms with Crippen LogP contribution in [-0.2, 0) is 0 Å². The molecule has 3 fully saturated rings. The van der Waals surface area contributed by atoms with Gasteiger partial charge in [-0.1, -0.05) is 35.9 Å². The zero-order valence-electron chi connectivity index (χ0n) is 24.6. The maximum atomic E-state index is 17.1. The van der Waals surface area contributed by atoms with Gasteiger partial charge >= 0.3 is 6.01 Å². The molecule has 2 saturated heterocycles. The molecular formula is C33H28ClF3N6O2S. The van der Waals surface area contributed by atoms with Crippen molar-refractivity contribution >= 4 is 54.7 Å². The minimum absolute atomic E-state index is 0.0170. The lowest BCUT2D eigenvalue weighted by molar-refractivity contribution is 0.108. The van der Waals surface area contributed by atoms with Gasteiger partial charge in [-0.05, 0) is 37.4 Å². The smallest absolute Gasteiger partial charge is 0.319 e. The van der Waals surface area contributed by atoms with Crippen molar-refractivity contribution in [3.8, 4) is 29.0 Å². The number of anilines is 2. The van der Waals surface area contributed by atoms with Crippen molar-refractivity contribution in [2.45, 2.75) is 49.5 Å². The molecule has 13 heteroatoms. The third-order valence-corrected chi connectivity index (χ3v) is 11.0. The topological polar surface area (TPSA) is 101 Å². The molecule has 8 rings (SSSR count). The molecule has 4 atom stereocenters. The number of hydrogen-bond donors (Lipinski definition) is 1. The highest BCUT2D eigenvalue weighted by Crippen LogP contribution is 2.52. The molecule has 2 aromatic heterocycles. The Hall–Kier alpha value is -4.05. The Bertz CT molecular complexity index is 2050. The molecule has 3 aliphatic heterocycles. The summed E-state index contributed by atoms with van der Waals surface area (Å²) in [5.41, 5.74) is 6.84. The molecule has 46 heavy (non-hydrogen) atoms. The lowest BCUT2D eigenvalue weighted by Gasteiger charge is -2.31. The number of halogens is 4. The summed E-state index contributed by atoms with van der Waals surface area (Å²) in [4.78, 5) is 13.4. The fourth-order valence-electron chi connectivity index (χ4n) is 7.44. The van der Waals surface area contributed by atoms with E-state index in [0.29, 0.717) is 0 Å². The first-order valence-corrected chi connectivity index (χ1v) is 16.2. The van der Waals surface area contributed by atoms with Crippen LogP contribution in [0.3, 0.4) is 0 Å². The summed E-state index contributed by atoms with van der Waals surface area (Å²) in [7, 11) is 0. The van der Waals surface area contributed by atoms with E-state index in [4.69, 9.17) is 31.8 Å². The first kappa shape index (κ1) is 29.4. The molecule has 5 heterocycles. The quantitative estimate of drug-likeness (QED) is 0.222. The lowest BCUT2D eigenvalue weighted by atomic mass is 9.94. The molecule has 1 aliphatic carbocycles. The number of thiophene rings is 1. The van der Waals surface area contributed by atoms with Gasteiger partial charge in [0.25, 0.3) is 0 Å². The molecule has 4 aliphatic rings. The van der Waals surface area contributed by atoms with Crippen molar-refractivity contribution in [3.05, 3.63) is 59.2 Å². The Morgan fingerprint density at radius 2 is 2.11 bits per heavy atom. The summed E-state index contributed by atoms with van der Waals surface area (Å²) in [5.74, 6) is -1.13. The van der Waals surface area contributed by atoms with Crippen molar-refractivity contribution < 1.29 is 22.6 Å². The number of alkyl halides is 1. The SMILES string of the molecule is C=CC1COc2c(Cl)c(-c3ccc(F)c4sc(N)c(C#N)c34)c(F)c3nc(OC[C@@]45CCCN4CC(=C)C5)nc(c23)N1C1CC1F. The summed E-state index contributed by atoms with van der Waals surface area (Å²) in [6, 6.07) is 3.43. The highest BCUT2D eigenvalue weighted by molar-refractivity contribution is 7.23. The van der Waals surface area contributed by atoms with E-state index in [-0.39, 0.29) is 90.5 Å². The number of rotatable bonds is 6. The molecule has 2 N–H and O–H groups in total. The normalized spacial score (nSPS) is 25.4. The van der Waals surface area contributed by atoms with E-state index in [1.54, 1.807) is 11.0 Å². The van der Waals surface area contributed by atoms with Gasteiger partial charge in [0.2, 0.25) is 0 Å². The van der Waals surface area contributed by atoms with Crippen LogP contribution >= 0.6 is 22.9 Å². The first-order chi connectivity index (χ1) is 22.2. The summed E-state index contributed by atoms with van der Waals surface area (Å²) >= 11 is 7.88. The van der Waals surface area contributed by atoms with Crippen LogP contribution in [0.25, 0.3) is 32.1 Å². The average Bonchev–Trinajstić information content (AvgIpc) is 3.34. The van der Waals surface area contributed by atoms with Gasteiger partial charge in [-0.3, -0.25) is 4.90 Å². The van der Waals surface area contributed by atoms with Crippen LogP contribution < -0.4 is 20.1 Å². The molecule has 2 aromatic carbocycles. The Balaban J connectivity index is 1.37. The van der Waals surface area contributed by atoms with Gasteiger partial charge < -0.3 is 20.1 Å². The van der Waals surface area contributed by atoms with Crippen molar-refractivity contribution in [1.82, 2.24) is 14.9 Å². The van der Waals surface area contributed by atoms with E-state index >= 15 is 4.39 Å². The number of nitrogens with zero attached hydrogens (tertiary/aromatic N) is 5. The summed E-state index contributed by atoms with van der Waals surface area (Å²) in [5, 5.41) is 10.2. The number of nitrogens with two attached hydrogens (primary N) is 1. The van der Waals surface area contributed by atoms with Crippen LogP contribution in [0.15, 0.2) is 36.9 Å². The van der Waals surface area contributed by atoms with Gasteiger partial charge in [0.1, 0.15) is 47.6 Å². The van der Waals surface area contributed by atoms with Gasteiger partial charge in [-0.2, -0.15) is 15.2 Å². The number of benzene rings is 2. The lowest BCUT2D eigenvalue weighted by Crippen LogP contribution is -2.43. The minimum atomic E-state index is -1.12. The molecule has 0 spiro atoms. The van der Waals surface area contributed by atoms with Crippen LogP contribution in [0, 0.1) is 23.0 Å². The number of nitriles is 1. The number of nitrogen functional groups attached to an aromatic ring is 1. The largest absolute Gasteiger partial charge is 0.489 e. The minimum Gasteiger partial charge on any atom is -0.489 e. The van der Waals surface area contributed by atoms with E-state index in [2.05, 4.69) is 23.0 Å². The monoisotopic (exact) mass is 664 g/mol. The highest BCUT2D eigenvalue weighted by Gasteiger charge is 2.49. The number of fused-ring (bicyclic) bond motifs is 2. The Morgan fingerprint density at radius 3 is 2.85 bits per heavy atom. The van der Waals surface area contributed by atoms with E-state index in [1.165, 1.54) is 12.1 Å². The maximum Gasteiger partial charge on any atom is 0.319 e. The Kier molecular flexibility index (Phi) is 6.69. The van der Waals surface area contributed by atoms with E-state index in [1.807, 2.05) is 6.07 Å². The number of aromatic nitrogens is 2. The second-order valence-corrected chi connectivity index (χ2v) is 13.9. The van der Waals surface area contributed by atoms with Gasteiger partial charge in [0.15, 0.2) is 11.6 Å². The fraction of sp³-hybridized carbons (Fsp3) is 0.364. The third kappa shape index (κ3) is 4.21. The number of hydrogen-bond acceptors (Lipinski definition) is 9. The van der Waals surface area contributed by atoms with E-state index < -0.39 is 29.9 Å². The second kappa shape index (κ2) is 10.5. The van der Waals surface area contributed by atoms with Gasteiger partial charge in [-0.15, -0.1) is 17.9 Å². The molecule has 0 radical (unpaired) electrons. The summed E-state index contributed by atoms with van der Waals surface area (Å²) < 4.78 is 59.4. The summed E-state index contributed by atoms with van der Waals surface area (Å²) in [6.07, 6.45) is 3.50. The van der Waals surface area contributed by atoms with Crippen LogP contribution in [0.5, 0.6) is 11.8 Å². The Morgan fingerprint density at radius 1 is 1.30 bits per heavy atom. The molecule has 4 aromatic rings.